The average molecular weight is 242 g/mol. The van der Waals surface area contributed by atoms with E-state index in [4.69, 9.17) is 0 Å². The monoisotopic (exact) mass is 242 g/mol. The van der Waals surface area contributed by atoms with Gasteiger partial charge in [-0.15, -0.1) is 0 Å². The molecule has 0 saturated carbocycles. The van der Waals surface area contributed by atoms with Crippen LogP contribution in [0, 0.1) is 5.92 Å². The first-order valence-corrected chi connectivity index (χ1v) is 6.43. The van der Waals surface area contributed by atoms with Crippen molar-refractivity contribution in [2.24, 2.45) is 5.92 Å². The van der Waals surface area contributed by atoms with Crippen LogP contribution in [0.1, 0.15) is 47.5 Å². The van der Waals surface area contributed by atoms with Crippen molar-refractivity contribution >= 4 is 5.91 Å². The zero-order chi connectivity index (χ0) is 13.3. The van der Waals surface area contributed by atoms with Crippen molar-refractivity contribution in [3.8, 4) is 0 Å². The number of rotatable bonds is 3. The van der Waals surface area contributed by atoms with Crippen LogP contribution in [0.3, 0.4) is 0 Å². The van der Waals surface area contributed by atoms with Gasteiger partial charge in [-0.2, -0.15) is 0 Å². The van der Waals surface area contributed by atoms with Crippen LogP contribution in [0.4, 0.5) is 0 Å². The maximum atomic E-state index is 12.2. The summed E-state index contributed by atoms with van der Waals surface area (Å²) in [5.74, 6) is 0.339. The first-order valence-electron chi connectivity index (χ1n) is 6.43. The lowest BCUT2D eigenvalue weighted by Gasteiger charge is -2.40. The molecular weight excluding hydrogens is 216 g/mol. The molecule has 0 bridgehead atoms. The van der Waals surface area contributed by atoms with Crippen LogP contribution in [-0.4, -0.2) is 34.7 Å². The van der Waals surface area contributed by atoms with Crippen LogP contribution in [0.5, 0.6) is 0 Å². The van der Waals surface area contributed by atoms with Crippen molar-refractivity contribution in [1.82, 2.24) is 10.6 Å². The molecule has 1 amide bonds. The Hall–Kier alpha value is -0.610. The van der Waals surface area contributed by atoms with E-state index in [0.29, 0.717) is 5.92 Å². The molecular formula is C13H26N2O2. The Morgan fingerprint density at radius 1 is 1.35 bits per heavy atom. The summed E-state index contributed by atoms with van der Waals surface area (Å²) in [4.78, 5) is 12.2. The highest BCUT2D eigenvalue weighted by Gasteiger charge is 2.39. The van der Waals surface area contributed by atoms with E-state index in [0.717, 1.165) is 19.4 Å². The topological polar surface area (TPSA) is 61.4 Å². The van der Waals surface area contributed by atoms with Crippen molar-refractivity contribution in [3.05, 3.63) is 0 Å². The smallest absolute Gasteiger partial charge is 0.237 e. The van der Waals surface area contributed by atoms with Crippen molar-refractivity contribution in [2.75, 3.05) is 6.54 Å². The van der Waals surface area contributed by atoms with Crippen LogP contribution in [0.25, 0.3) is 0 Å². The largest absolute Gasteiger partial charge is 0.388 e. The summed E-state index contributed by atoms with van der Waals surface area (Å²) in [6.07, 6.45) is 2.20. The summed E-state index contributed by atoms with van der Waals surface area (Å²) in [5.41, 5.74) is -1.58. The van der Waals surface area contributed by atoms with Crippen LogP contribution < -0.4 is 10.6 Å². The summed E-state index contributed by atoms with van der Waals surface area (Å²) in [6, 6.07) is -0.134. The van der Waals surface area contributed by atoms with E-state index < -0.39 is 11.1 Å². The summed E-state index contributed by atoms with van der Waals surface area (Å²) < 4.78 is 0. The highest BCUT2D eigenvalue weighted by Crippen LogP contribution is 2.22. The molecule has 4 nitrogen and oxygen atoms in total. The lowest BCUT2D eigenvalue weighted by atomic mass is 9.84. The predicted octanol–water partition coefficient (Wildman–Crippen LogP) is 1.04. The maximum absolute atomic E-state index is 12.2. The van der Waals surface area contributed by atoms with Gasteiger partial charge in [0, 0.05) is 0 Å². The molecule has 1 fully saturated rings. The number of hydrogen-bond donors (Lipinski definition) is 3. The average Bonchev–Trinajstić information content (AvgIpc) is 2.15. The summed E-state index contributed by atoms with van der Waals surface area (Å²) >= 11 is 0. The number of carbonyl (C=O) groups is 1. The highest BCUT2D eigenvalue weighted by atomic mass is 16.3. The number of amides is 1. The fourth-order valence-corrected chi connectivity index (χ4v) is 1.94. The van der Waals surface area contributed by atoms with Crippen LogP contribution in [-0.2, 0) is 4.79 Å². The van der Waals surface area contributed by atoms with E-state index in [2.05, 4.69) is 17.6 Å². The normalized spacial score (nSPS) is 26.7. The van der Waals surface area contributed by atoms with Crippen LogP contribution in [0.2, 0.25) is 0 Å². The maximum Gasteiger partial charge on any atom is 0.237 e. The molecule has 1 aliphatic heterocycles. The van der Waals surface area contributed by atoms with Gasteiger partial charge in [0.25, 0.3) is 0 Å². The van der Waals surface area contributed by atoms with Crippen molar-refractivity contribution in [3.63, 3.8) is 0 Å². The fourth-order valence-electron chi connectivity index (χ4n) is 1.94. The number of aliphatic hydroxyl groups is 1. The molecule has 4 heteroatoms. The summed E-state index contributed by atoms with van der Waals surface area (Å²) in [6.45, 7) is 10.1. The van der Waals surface area contributed by atoms with E-state index in [1.807, 2.05) is 13.8 Å². The van der Waals surface area contributed by atoms with Gasteiger partial charge in [0.2, 0.25) is 5.91 Å². The highest BCUT2D eigenvalue weighted by molar-refractivity contribution is 5.83. The molecule has 0 aromatic rings. The molecule has 1 saturated heterocycles. The third-order valence-electron chi connectivity index (χ3n) is 4.02. The van der Waals surface area contributed by atoms with Gasteiger partial charge in [0.15, 0.2) is 0 Å². The van der Waals surface area contributed by atoms with Gasteiger partial charge in [-0.05, 0) is 53.0 Å². The summed E-state index contributed by atoms with van der Waals surface area (Å²) in [7, 11) is 0. The van der Waals surface area contributed by atoms with Crippen molar-refractivity contribution in [2.45, 2.75) is 64.6 Å². The second kappa shape index (κ2) is 4.94. The van der Waals surface area contributed by atoms with Gasteiger partial charge >= 0.3 is 0 Å². The minimum absolute atomic E-state index is 0.00988. The molecule has 0 spiro atoms. The van der Waals surface area contributed by atoms with Gasteiger partial charge in [-0.3, -0.25) is 4.79 Å². The second-order valence-electron chi connectivity index (χ2n) is 6.22. The quantitative estimate of drug-likeness (QED) is 0.693. The molecule has 0 aromatic carbocycles. The van der Waals surface area contributed by atoms with Crippen LogP contribution >= 0.6 is 0 Å². The molecule has 1 heterocycles. The third kappa shape index (κ3) is 3.42. The van der Waals surface area contributed by atoms with Crippen molar-refractivity contribution in [1.29, 1.82) is 0 Å². The zero-order valence-electron chi connectivity index (χ0n) is 11.6. The Morgan fingerprint density at radius 2 is 1.94 bits per heavy atom. The lowest BCUT2D eigenvalue weighted by Crippen LogP contribution is -2.62. The Balaban J connectivity index is 2.65. The van der Waals surface area contributed by atoms with Crippen LogP contribution in [0.15, 0.2) is 0 Å². The van der Waals surface area contributed by atoms with E-state index in [9.17, 15) is 9.90 Å². The number of piperidine rings is 1. The Kier molecular flexibility index (Phi) is 4.20. The predicted molar refractivity (Wildman–Crippen MR) is 68.7 cm³/mol. The molecule has 2 unspecified atom stereocenters. The van der Waals surface area contributed by atoms with E-state index in [1.165, 1.54) is 0 Å². The molecule has 1 rings (SSSR count). The minimum atomic E-state index is -0.944. The Labute approximate surface area is 104 Å². The minimum Gasteiger partial charge on any atom is -0.388 e. The molecule has 2 atom stereocenters. The van der Waals surface area contributed by atoms with Gasteiger partial charge < -0.3 is 15.7 Å². The van der Waals surface area contributed by atoms with Gasteiger partial charge in [-0.1, -0.05) is 6.92 Å². The lowest BCUT2D eigenvalue weighted by molar-refractivity contribution is -0.129. The molecule has 0 radical (unpaired) electrons. The van der Waals surface area contributed by atoms with Gasteiger partial charge in [-0.25, -0.2) is 0 Å². The fraction of sp³-hybridized carbons (Fsp3) is 0.923. The Bertz CT molecular complexity index is 282. The van der Waals surface area contributed by atoms with E-state index in [-0.39, 0.29) is 11.9 Å². The molecule has 3 N–H and O–H groups in total. The Morgan fingerprint density at radius 3 is 2.41 bits per heavy atom. The van der Waals surface area contributed by atoms with Gasteiger partial charge in [0.1, 0.15) is 0 Å². The molecule has 0 aliphatic carbocycles. The van der Waals surface area contributed by atoms with E-state index >= 15 is 0 Å². The second-order valence-corrected chi connectivity index (χ2v) is 6.22. The first kappa shape index (κ1) is 14.5. The molecule has 0 aromatic heterocycles. The number of hydrogen-bond acceptors (Lipinski definition) is 3. The van der Waals surface area contributed by atoms with Crippen molar-refractivity contribution < 1.29 is 9.90 Å². The summed E-state index contributed by atoms with van der Waals surface area (Å²) in [5, 5.41) is 16.2. The first-order chi connectivity index (χ1) is 7.65. The number of nitrogens with one attached hydrogen (secondary N) is 2. The SMILES string of the molecule is CC1CCCNC1C(=O)NC(C)(C)C(C)(C)O. The van der Waals surface area contributed by atoms with E-state index in [1.54, 1.807) is 13.8 Å². The van der Waals surface area contributed by atoms with Gasteiger partial charge in [0.05, 0.1) is 17.2 Å². The molecule has 100 valence electrons. The standard InChI is InChI=1S/C13H26N2O2/c1-9-7-6-8-14-10(9)11(16)15-12(2,3)13(4,5)17/h9-10,14,17H,6-8H2,1-5H3,(H,15,16). The third-order valence-corrected chi connectivity index (χ3v) is 4.02. The number of carbonyl (C=O) groups excluding carboxylic acids is 1. The zero-order valence-corrected chi connectivity index (χ0v) is 11.6. The molecule has 1 aliphatic rings. The molecule has 17 heavy (non-hydrogen) atoms.